The third-order valence-electron chi connectivity index (χ3n) is 7.19. The number of carbonyl (C=O) groups is 1. The first-order valence-corrected chi connectivity index (χ1v) is 11.2. The molecule has 2 aliphatic carbocycles. The van der Waals surface area contributed by atoms with Gasteiger partial charge >= 0.3 is 5.97 Å². The molecule has 0 saturated heterocycles. The molecule has 0 heterocycles. The van der Waals surface area contributed by atoms with Gasteiger partial charge in [0.1, 0.15) is 0 Å². The van der Waals surface area contributed by atoms with Crippen LogP contribution >= 0.6 is 0 Å². The van der Waals surface area contributed by atoms with Gasteiger partial charge in [0.15, 0.2) is 0 Å². The monoisotopic (exact) mass is 380 g/mol. The number of carboxylic acids is 1. The van der Waals surface area contributed by atoms with Crippen molar-refractivity contribution >= 4 is 5.97 Å². The van der Waals surface area contributed by atoms with E-state index < -0.39 is 5.97 Å². The van der Waals surface area contributed by atoms with Gasteiger partial charge in [0.2, 0.25) is 0 Å². The molecule has 0 aromatic carbocycles. The molecule has 4 nitrogen and oxygen atoms in total. The van der Waals surface area contributed by atoms with Crippen molar-refractivity contribution < 1.29 is 20.1 Å². The Hall–Kier alpha value is -0.870. The van der Waals surface area contributed by atoms with E-state index in [2.05, 4.69) is 19.9 Å². The lowest BCUT2D eigenvalue weighted by molar-refractivity contribution is -0.136. The van der Waals surface area contributed by atoms with Crippen molar-refractivity contribution in [2.24, 2.45) is 17.3 Å². The first kappa shape index (κ1) is 22.4. The number of aliphatic carboxylic acids is 1. The van der Waals surface area contributed by atoms with Gasteiger partial charge in [-0.1, -0.05) is 57.6 Å². The van der Waals surface area contributed by atoms with Crippen LogP contribution in [-0.2, 0) is 4.79 Å². The first-order chi connectivity index (χ1) is 12.9. The van der Waals surface area contributed by atoms with Crippen LogP contribution in [0.15, 0.2) is 11.6 Å². The summed E-state index contributed by atoms with van der Waals surface area (Å²) in [4.78, 5) is 10.7. The summed E-state index contributed by atoms with van der Waals surface area (Å²) >= 11 is 0. The van der Waals surface area contributed by atoms with Gasteiger partial charge in [0.05, 0.1) is 12.2 Å². The molecule has 2 saturated carbocycles. The summed E-state index contributed by atoms with van der Waals surface area (Å²) in [7, 11) is 0. The molecule has 0 aliphatic heterocycles. The van der Waals surface area contributed by atoms with Gasteiger partial charge in [-0.15, -0.1) is 0 Å². The van der Waals surface area contributed by atoms with Crippen LogP contribution in [0.3, 0.4) is 0 Å². The molecule has 156 valence electrons. The van der Waals surface area contributed by atoms with Gasteiger partial charge in [-0.05, 0) is 62.2 Å². The fourth-order valence-electron chi connectivity index (χ4n) is 5.29. The second-order valence-corrected chi connectivity index (χ2v) is 9.09. The van der Waals surface area contributed by atoms with Crippen molar-refractivity contribution in [3.8, 4) is 0 Å². The second-order valence-electron chi connectivity index (χ2n) is 9.09. The number of aliphatic hydroxyl groups excluding tert-OH is 2. The zero-order chi connectivity index (χ0) is 19.9. The molecular weight excluding hydrogens is 340 g/mol. The van der Waals surface area contributed by atoms with E-state index in [0.717, 1.165) is 44.9 Å². The van der Waals surface area contributed by atoms with Gasteiger partial charge < -0.3 is 15.3 Å². The summed E-state index contributed by atoms with van der Waals surface area (Å²) in [5, 5.41) is 29.7. The standard InChI is InChI=1S/C23H40O4/c1-3-4-5-6-7-10-18(24)12-13-19-20-16-17(9-8-11-22(26)27)23(20,2)15-14-21(19)25/h9,18-21,24-25H,3-8,10-16H2,1-2H3,(H,26,27)/t18?,19-,20-,21-,23-/m1/s1. The second kappa shape index (κ2) is 10.6. The topological polar surface area (TPSA) is 77.8 Å². The lowest BCUT2D eigenvalue weighted by Crippen LogP contribution is -2.52. The SMILES string of the molecule is CCCCCCCC(O)CC[C@H]1[C@H](O)CC[C@]2(C)C(=CCCC(=O)O)C[C@H]12. The predicted molar refractivity (Wildman–Crippen MR) is 109 cm³/mol. The maximum Gasteiger partial charge on any atom is 0.303 e. The smallest absolute Gasteiger partial charge is 0.303 e. The molecule has 2 aliphatic rings. The van der Waals surface area contributed by atoms with E-state index in [9.17, 15) is 15.0 Å². The minimum absolute atomic E-state index is 0.132. The van der Waals surface area contributed by atoms with Crippen LogP contribution in [0.4, 0.5) is 0 Å². The molecule has 0 amide bonds. The van der Waals surface area contributed by atoms with Crippen molar-refractivity contribution in [1.29, 1.82) is 0 Å². The molecule has 0 spiro atoms. The average Bonchev–Trinajstić information content (AvgIpc) is 2.62. The molecule has 3 N–H and O–H groups in total. The molecule has 5 atom stereocenters. The Balaban J connectivity index is 1.79. The van der Waals surface area contributed by atoms with Gasteiger partial charge in [0.25, 0.3) is 0 Å². The van der Waals surface area contributed by atoms with E-state index in [4.69, 9.17) is 5.11 Å². The number of aliphatic hydroxyl groups is 2. The quantitative estimate of drug-likeness (QED) is 0.326. The summed E-state index contributed by atoms with van der Waals surface area (Å²) < 4.78 is 0. The summed E-state index contributed by atoms with van der Waals surface area (Å²) in [6.45, 7) is 4.50. The first-order valence-electron chi connectivity index (χ1n) is 11.2. The molecule has 0 bridgehead atoms. The summed E-state index contributed by atoms with van der Waals surface area (Å²) in [6, 6.07) is 0. The normalized spacial score (nSPS) is 32.7. The zero-order valence-corrected chi connectivity index (χ0v) is 17.3. The van der Waals surface area contributed by atoms with Crippen molar-refractivity contribution in [1.82, 2.24) is 0 Å². The molecule has 1 unspecified atom stereocenters. The Morgan fingerprint density at radius 1 is 1.26 bits per heavy atom. The minimum atomic E-state index is -0.742. The van der Waals surface area contributed by atoms with Crippen LogP contribution in [0.5, 0.6) is 0 Å². The van der Waals surface area contributed by atoms with E-state index in [1.807, 2.05) is 0 Å². The molecule has 0 aromatic heterocycles. The van der Waals surface area contributed by atoms with Gasteiger partial charge in [-0.3, -0.25) is 4.79 Å². The number of rotatable bonds is 12. The fraction of sp³-hybridized carbons (Fsp3) is 0.870. The van der Waals surface area contributed by atoms with E-state index in [1.54, 1.807) is 0 Å². The van der Waals surface area contributed by atoms with E-state index >= 15 is 0 Å². The molecule has 2 fully saturated rings. The van der Waals surface area contributed by atoms with Gasteiger partial charge in [-0.2, -0.15) is 0 Å². The highest BCUT2D eigenvalue weighted by molar-refractivity contribution is 5.66. The van der Waals surface area contributed by atoms with Crippen LogP contribution in [0.1, 0.15) is 97.3 Å². The van der Waals surface area contributed by atoms with Crippen LogP contribution in [-0.4, -0.2) is 33.5 Å². The number of hydrogen-bond acceptors (Lipinski definition) is 3. The largest absolute Gasteiger partial charge is 0.481 e. The Kier molecular flexibility index (Phi) is 8.81. The highest BCUT2D eigenvalue weighted by Gasteiger charge is 2.54. The van der Waals surface area contributed by atoms with Crippen molar-refractivity contribution in [2.75, 3.05) is 0 Å². The predicted octanol–water partition coefficient (Wildman–Crippen LogP) is 5.08. The zero-order valence-electron chi connectivity index (χ0n) is 17.3. The van der Waals surface area contributed by atoms with E-state index in [-0.39, 0.29) is 30.0 Å². The summed E-state index contributed by atoms with van der Waals surface area (Å²) in [6.07, 6.45) is 13.9. The van der Waals surface area contributed by atoms with Crippen molar-refractivity contribution in [3.05, 3.63) is 11.6 Å². The molecule has 4 heteroatoms. The molecule has 0 radical (unpaired) electrons. The number of unbranched alkanes of at least 4 members (excludes halogenated alkanes) is 4. The average molecular weight is 381 g/mol. The summed E-state index contributed by atoms with van der Waals surface area (Å²) in [5.74, 6) is 0.0118. The van der Waals surface area contributed by atoms with Gasteiger partial charge in [0, 0.05) is 6.42 Å². The van der Waals surface area contributed by atoms with Crippen LogP contribution in [0.25, 0.3) is 0 Å². The van der Waals surface area contributed by atoms with Crippen molar-refractivity contribution in [3.63, 3.8) is 0 Å². The Morgan fingerprint density at radius 2 is 2.00 bits per heavy atom. The highest BCUT2D eigenvalue weighted by atomic mass is 16.4. The number of carboxylic acid groups (broad SMARTS) is 1. The maximum absolute atomic E-state index is 10.7. The van der Waals surface area contributed by atoms with Gasteiger partial charge in [-0.25, -0.2) is 0 Å². The summed E-state index contributed by atoms with van der Waals surface area (Å²) in [5.41, 5.74) is 1.52. The third-order valence-corrected chi connectivity index (χ3v) is 7.19. The van der Waals surface area contributed by atoms with Crippen LogP contribution in [0.2, 0.25) is 0 Å². The van der Waals surface area contributed by atoms with Crippen molar-refractivity contribution in [2.45, 2.75) is 110 Å². The number of allylic oxidation sites excluding steroid dienone is 2. The molecule has 27 heavy (non-hydrogen) atoms. The highest BCUT2D eigenvalue weighted by Crippen LogP contribution is 2.61. The third kappa shape index (κ3) is 6.05. The maximum atomic E-state index is 10.7. The van der Waals surface area contributed by atoms with Crippen LogP contribution < -0.4 is 0 Å². The lowest BCUT2D eigenvalue weighted by Gasteiger charge is -2.58. The molecule has 0 aromatic rings. The molecule has 2 rings (SSSR count). The number of hydrogen-bond donors (Lipinski definition) is 3. The van der Waals surface area contributed by atoms with E-state index in [0.29, 0.717) is 12.3 Å². The Labute approximate surface area is 165 Å². The minimum Gasteiger partial charge on any atom is -0.481 e. The Morgan fingerprint density at radius 3 is 2.70 bits per heavy atom. The fourth-order valence-corrected chi connectivity index (χ4v) is 5.29. The van der Waals surface area contributed by atoms with Crippen LogP contribution in [0, 0.1) is 17.3 Å². The lowest BCUT2D eigenvalue weighted by atomic mass is 9.47. The van der Waals surface area contributed by atoms with E-state index in [1.165, 1.54) is 31.3 Å². The Bertz CT molecular complexity index is 501. The molecular formula is C23H40O4. The number of fused-ring (bicyclic) bond motifs is 1.